The molecular weight excluding hydrogens is 279 g/mol. The highest BCUT2D eigenvalue weighted by atomic mass is 19.1. The standard InChI is InChI=1S/C17H15FN4/c1-11-8-14(18)6-7-15(11)12-4-3-5-13(9-12)17-16(10-19-2)20-22-21-17/h3-10H,1-2H3,(H,20,21,22)/b19-10+. The van der Waals surface area contributed by atoms with E-state index in [1.54, 1.807) is 19.3 Å². The van der Waals surface area contributed by atoms with E-state index in [2.05, 4.69) is 20.4 Å². The Hall–Kier alpha value is -2.82. The van der Waals surface area contributed by atoms with Gasteiger partial charge in [0.25, 0.3) is 0 Å². The van der Waals surface area contributed by atoms with E-state index in [1.807, 2.05) is 31.2 Å². The second-order valence-electron chi connectivity index (χ2n) is 5.00. The van der Waals surface area contributed by atoms with Gasteiger partial charge in [-0.25, -0.2) is 4.39 Å². The first-order chi connectivity index (χ1) is 10.7. The molecule has 0 amide bonds. The van der Waals surface area contributed by atoms with Gasteiger partial charge in [-0.3, -0.25) is 10.1 Å². The smallest absolute Gasteiger partial charge is 0.123 e. The molecular formula is C17H15FN4. The molecule has 1 heterocycles. The predicted molar refractivity (Wildman–Crippen MR) is 85.5 cm³/mol. The molecule has 0 spiro atoms. The van der Waals surface area contributed by atoms with Crippen molar-refractivity contribution in [1.29, 1.82) is 0 Å². The van der Waals surface area contributed by atoms with E-state index in [1.165, 1.54) is 12.1 Å². The van der Waals surface area contributed by atoms with Gasteiger partial charge in [-0.15, -0.1) is 5.10 Å². The fourth-order valence-corrected chi connectivity index (χ4v) is 2.45. The zero-order chi connectivity index (χ0) is 15.5. The SMILES string of the molecule is C/N=C/c1[nH]nnc1-c1cccc(-c2ccc(F)cc2C)c1. The van der Waals surface area contributed by atoms with Crippen LogP contribution in [0.2, 0.25) is 0 Å². The van der Waals surface area contributed by atoms with Gasteiger partial charge >= 0.3 is 0 Å². The maximum absolute atomic E-state index is 13.3. The highest BCUT2D eigenvalue weighted by Crippen LogP contribution is 2.28. The van der Waals surface area contributed by atoms with Gasteiger partial charge in [0, 0.05) is 18.8 Å². The molecule has 1 N–H and O–H groups in total. The minimum absolute atomic E-state index is 0.227. The van der Waals surface area contributed by atoms with Gasteiger partial charge in [-0.05, 0) is 41.8 Å². The molecule has 0 aliphatic carbocycles. The molecule has 4 nitrogen and oxygen atoms in total. The Kier molecular flexibility index (Phi) is 3.78. The Labute approximate surface area is 127 Å². The second kappa shape index (κ2) is 5.89. The molecule has 22 heavy (non-hydrogen) atoms. The van der Waals surface area contributed by atoms with Crippen LogP contribution in [0.5, 0.6) is 0 Å². The minimum Gasteiger partial charge on any atom is -0.294 e. The molecule has 0 atom stereocenters. The molecule has 0 fully saturated rings. The average Bonchev–Trinajstić information content (AvgIpc) is 2.96. The zero-order valence-corrected chi connectivity index (χ0v) is 12.3. The monoisotopic (exact) mass is 294 g/mol. The van der Waals surface area contributed by atoms with Gasteiger partial charge in [0.1, 0.15) is 17.2 Å². The molecule has 0 aliphatic rings. The highest BCUT2D eigenvalue weighted by Gasteiger charge is 2.10. The third kappa shape index (κ3) is 2.65. The molecule has 0 saturated carbocycles. The number of H-pyrrole nitrogens is 1. The first-order valence-corrected chi connectivity index (χ1v) is 6.89. The number of aliphatic imine (C=N–C) groups is 1. The summed E-state index contributed by atoms with van der Waals surface area (Å²) in [6.07, 6.45) is 1.69. The fourth-order valence-electron chi connectivity index (χ4n) is 2.45. The van der Waals surface area contributed by atoms with E-state index in [9.17, 15) is 4.39 Å². The predicted octanol–water partition coefficient (Wildman–Crippen LogP) is 3.63. The normalized spacial score (nSPS) is 11.2. The van der Waals surface area contributed by atoms with E-state index in [4.69, 9.17) is 0 Å². The molecule has 3 rings (SSSR count). The fraction of sp³-hybridized carbons (Fsp3) is 0.118. The Balaban J connectivity index is 2.08. The Morgan fingerprint density at radius 2 is 1.95 bits per heavy atom. The first-order valence-electron chi connectivity index (χ1n) is 6.89. The summed E-state index contributed by atoms with van der Waals surface area (Å²) in [5.41, 5.74) is 5.34. The van der Waals surface area contributed by atoms with E-state index < -0.39 is 0 Å². The molecule has 0 saturated heterocycles. The van der Waals surface area contributed by atoms with Crippen LogP contribution in [0.3, 0.4) is 0 Å². The lowest BCUT2D eigenvalue weighted by molar-refractivity contribution is 0.627. The lowest BCUT2D eigenvalue weighted by atomic mass is 9.97. The van der Waals surface area contributed by atoms with E-state index in [-0.39, 0.29) is 5.82 Å². The van der Waals surface area contributed by atoms with Crippen molar-refractivity contribution in [2.45, 2.75) is 6.92 Å². The number of halogens is 1. The van der Waals surface area contributed by atoms with Gasteiger partial charge in [0.15, 0.2) is 0 Å². The van der Waals surface area contributed by atoms with Gasteiger partial charge in [-0.1, -0.05) is 29.5 Å². The summed E-state index contributed by atoms with van der Waals surface area (Å²) >= 11 is 0. The quantitative estimate of drug-likeness (QED) is 0.750. The van der Waals surface area contributed by atoms with E-state index in [0.29, 0.717) is 0 Å². The molecule has 1 aromatic heterocycles. The maximum atomic E-state index is 13.3. The number of hydrogen-bond acceptors (Lipinski definition) is 3. The molecule has 110 valence electrons. The number of aromatic nitrogens is 3. The van der Waals surface area contributed by atoms with Crippen molar-refractivity contribution in [2.24, 2.45) is 4.99 Å². The van der Waals surface area contributed by atoms with Gasteiger partial charge in [0.2, 0.25) is 0 Å². The lowest BCUT2D eigenvalue weighted by Crippen LogP contribution is -1.89. The maximum Gasteiger partial charge on any atom is 0.123 e. The molecule has 0 bridgehead atoms. The van der Waals surface area contributed by atoms with Gasteiger partial charge in [-0.2, -0.15) is 0 Å². The molecule has 3 aromatic rings. The van der Waals surface area contributed by atoms with Crippen LogP contribution in [0.1, 0.15) is 11.3 Å². The topological polar surface area (TPSA) is 53.9 Å². The number of aromatic amines is 1. The zero-order valence-electron chi connectivity index (χ0n) is 12.3. The molecule has 2 aromatic carbocycles. The van der Waals surface area contributed by atoms with Gasteiger partial charge < -0.3 is 0 Å². The highest BCUT2D eigenvalue weighted by molar-refractivity contribution is 5.87. The van der Waals surface area contributed by atoms with Gasteiger partial charge in [0.05, 0.1) is 0 Å². The minimum atomic E-state index is -0.227. The number of benzene rings is 2. The van der Waals surface area contributed by atoms with Crippen LogP contribution >= 0.6 is 0 Å². The van der Waals surface area contributed by atoms with Crippen molar-refractivity contribution < 1.29 is 4.39 Å². The van der Waals surface area contributed by atoms with Crippen molar-refractivity contribution in [3.05, 3.63) is 59.5 Å². The van der Waals surface area contributed by atoms with Crippen molar-refractivity contribution >= 4 is 6.21 Å². The lowest BCUT2D eigenvalue weighted by Gasteiger charge is -2.08. The summed E-state index contributed by atoms with van der Waals surface area (Å²) in [5, 5.41) is 10.8. The number of hydrogen-bond donors (Lipinski definition) is 1. The van der Waals surface area contributed by atoms with Crippen LogP contribution < -0.4 is 0 Å². The van der Waals surface area contributed by atoms with Crippen molar-refractivity contribution in [1.82, 2.24) is 15.4 Å². The van der Waals surface area contributed by atoms with Crippen molar-refractivity contribution in [3.63, 3.8) is 0 Å². The summed E-state index contributed by atoms with van der Waals surface area (Å²) < 4.78 is 13.3. The van der Waals surface area contributed by atoms with Crippen molar-refractivity contribution in [3.8, 4) is 22.4 Å². The molecule has 0 unspecified atom stereocenters. The van der Waals surface area contributed by atoms with Crippen LogP contribution in [0.25, 0.3) is 22.4 Å². The van der Waals surface area contributed by atoms with E-state index >= 15 is 0 Å². The number of rotatable bonds is 3. The largest absolute Gasteiger partial charge is 0.294 e. The van der Waals surface area contributed by atoms with Crippen molar-refractivity contribution in [2.75, 3.05) is 7.05 Å². The first kappa shape index (κ1) is 14.1. The van der Waals surface area contributed by atoms with E-state index in [0.717, 1.165) is 33.6 Å². The summed E-state index contributed by atoms with van der Waals surface area (Å²) in [6.45, 7) is 1.90. The van der Waals surface area contributed by atoms with Crippen LogP contribution in [0.4, 0.5) is 4.39 Å². The number of aryl methyl sites for hydroxylation is 1. The number of nitrogens with one attached hydrogen (secondary N) is 1. The summed E-state index contributed by atoms with van der Waals surface area (Å²) in [7, 11) is 1.70. The molecule has 0 radical (unpaired) electrons. The summed E-state index contributed by atoms with van der Waals surface area (Å²) in [4.78, 5) is 3.99. The summed E-state index contributed by atoms with van der Waals surface area (Å²) in [5.74, 6) is -0.227. The van der Waals surface area contributed by atoms with Crippen LogP contribution in [-0.2, 0) is 0 Å². The average molecular weight is 294 g/mol. The van der Waals surface area contributed by atoms with Crippen LogP contribution in [-0.4, -0.2) is 28.7 Å². The molecule has 5 heteroatoms. The third-order valence-electron chi connectivity index (χ3n) is 3.47. The Morgan fingerprint density at radius 1 is 1.14 bits per heavy atom. The Morgan fingerprint density at radius 3 is 2.73 bits per heavy atom. The third-order valence-corrected chi connectivity index (χ3v) is 3.47. The summed E-state index contributed by atoms with van der Waals surface area (Å²) in [6, 6.07) is 12.7. The number of nitrogens with zero attached hydrogens (tertiary/aromatic N) is 3. The Bertz CT molecular complexity index is 836. The van der Waals surface area contributed by atoms with Crippen LogP contribution in [0, 0.1) is 12.7 Å². The second-order valence-corrected chi connectivity index (χ2v) is 5.00. The van der Waals surface area contributed by atoms with Crippen LogP contribution in [0.15, 0.2) is 47.5 Å². The molecule has 0 aliphatic heterocycles.